The number of nitrogens with one attached hydrogen (secondary N) is 1. The first kappa shape index (κ1) is 20.3. The number of hydrogen-bond acceptors (Lipinski definition) is 5. The Hall–Kier alpha value is -3.41. The van der Waals surface area contributed by atoms with Gasteiger partial charge in [-0.2, -0.15) is 0 Å². The first-order valence-corrected chi connectivity index (χ1v) is 9.65. The highest BCUT2D eigenvalue weighted by Crippen LogP contribution is 2.27. The summed E-state index contributed by atoms with van der Waals surface area (Å²) in [6.07, 6.45) is 0. The topological polar surface area (TPSA) is 63.9 Å². The van der Waals surface area contributed by atoms with Gasteiger partial charge in [0.15, 0.2) is 17.3 Å². The number of carbonyl (C=O) groups is 1. The number of hydrogen-bond donors (Lipinski definition) is 1. The molecule has 6 nitrogen and oxygen atoms in total. The lowest BCUT2D eigenvalue weighted by molar-refractivity contribution is 0.0992. The molecule has 152 valence electrons. The van der Waals surface area contributed by atoms with E-state index in [1.54, 1.807) is 19.2 Å². The molecular formula is C23H26N2O4. The molecule has 1 N–H and O–H groups in total. The fraction of sp³-hybridized carbons (Fsp3) is 0.261. The summed E-state index contributed by atoms with van der Waals surface area (Å²) in [6, 6.07) is 18.5. The number of anilines is 2. The van der Waals surface area contributed by atoms with Crippen LogP contribution < -0.4 is 19.7 Å². The molecule has 3 rings (SSSR count). The van der Waals surface area contributed by atoms with Crippen molar-refractivity contribution in [3.05, 3.63) is 72.2 Å². The van der Waals surface area contributed by atoms with Crippen LogP contribution in [0.1, 0.15) is 30.2 Å². The van der Waals surface area contributed by atoms with E-state index in [0.29, 0.717) is 22.9 Å². The summed E-state index contributed by atoms with van der Waals surface area (Å²) in [5.74, 6) is 1.74. The highest BCUT2D eigenvalue weighted by Gasteiger charge is 2.13. The lowest BCUT2D eigenvalue weighted by Crippen LogP contribution is -2.21. The fourth-order valence-electron chi connectivity index (χ4n) is 3.00. The van der Waals surface area contributed by atoms with E-state index in [2.05, 4.69) is 24.1 Å². The molecule has 6 heteroatoms. The highest BCUT2D eigenvalue weighted by molar-refractivity contribution is 6.02. The van der Waals surface area contributed by atoms with E-state index >= 15 is 0 Å². The second kappa shape index (κ2) is 9.68. The van der Waals surface area contributed by atoms with Crippen molar-refractivity contribution in [1.29, 1.82) is 0 Å². The smallest absolute Gasteiger partial charge is 0.291 e. The Kier molecular flexibility index (Phi) is 6.79. The highest BCUT2D eigenvalue weighted by atomic mass is 16.5. The lowest BCUT2D eigenvalue weighted by atomic mass is 10.2. The number of benzene rings is 2. The van der Waals surface area contributed by atoms with E-state index in [-0.39, 0.29) is 18.3 Å². The maximum atomic E-state index is 12.5. The average molecular weight is 394 g/mol. The van der Waals surface area contributed by atoms with Gasteiger partial charge in [0.05, 0.1) is 7.11 Å². The summed E-state index contributed by atoms with van der Waals surface area (Å²) in [5.41, 5.74) is 1.84. The van der Waals surface area contributed by atoms with Gasteiger partial charge in [0.2, 0.25) is 0 Å². The Balaban J connectivity index is 1.59. The Morgan fingerprint density at radius 2 is 1.66 bits per heavy atom. The van der Waals surface area contributed by atoms with Crippen molar-refractivity contribution < 1.29 is 18.7 Å². The second-order valence-electron chi connectivity index (χ2n) is 6.38. The number of furan rings is 1. The lowest BCUT2D eigenvalue weighted by Gasteiger charge is -2.21. The van der Waals surface area contributed by atoms with Crippen LogP contribution in [0, 0.1) is 0 Å². The van der Waals surface area contributed by atoms with Crippen molar-refractivity contribution in [2.24, 2.45) is 0 Å². The molecule has 0 fully saturated rings. The molecule has 0 saturated carbocycles. The van der Waals surface area contributed by atoms with Gasteiger partial charge in [-0.15, -0.1) is 0 Å². The minimum atomic E-state index is -0.302. The van der Waals surface area contributed by atoms with Crippen LogP contribution >= 0.6 is 0 Å². The minimum absolute atomic E-state index is 0.201. The minimum Gasteiger partial charge on any atom is -0.493 e. The van der Waals surface area contributed by atoms with Gasteiger partial charge in [-0.05, 0) is 62.4 Å². The predicted octanol–water partition coefficient (Wildman–Crippen LogP) is 4.97. The van der Waals surface area contributed by atoms with Crippen molar-refractivity contribution in [2.75, 3.05) is 30.4 Å². The number of rotatable bonds is 9. The fourth-order valence-corrected chi connectivity index (χ4v) is 3.00. The molecule has 0 saturated heterocycles. The summed E-state index contributed by atoms with van der Waals surface area (Å²) in [5, 5.41) is 2.85. The molecule has 1 amide bonds. The largest absolute Gasteiger partial charge is 0.493 e. The molecule has 0 unspecified atom stereocenters. The molecule has 0 atom stereocenters. The molecular weight excluding hydrogens is 368 g/mol. The van der Waals surface area contributed by atoms with E-state index in [1.807, 2.05) is 48.5 Å². The van der Waals surface area contributed by atoms with E-state index in [1.165, 1.54) is 0 Å². The molecule has 29 heavy (non-hydrogen) atoms. The third kappa shape index (κ3) is 5.10. The van der Waals surface area contributed by atoms with Crippen LogP contribution in [0.25, 0.3) is 0 Å². The Morgan fingerprint density at radius 1 is 0.966 bits per heavy atom. The zero-order valence-corrected chi connectivity index (χ0v) is 17.0. The van der Waals surface area contributed by atoms with Gasteiger partial charge < -0.3 is 24.1 Å². The first-order valence-electron chi connectivity index (χ1n) is 9.65. The number of methoxy groups -OCH3 is 1. The monoisotopic (exact) mass is 394 g/mol. The molecule has 0 radical (unpaired) electrons. The Morgan fingerprint density at radius 3 is 2.31 bits per heavy atom. The van der Waals surface area contributed by atoms with E-state index in [0.717, 1.165) is 18.8 Å². The molecule has 1 heterocycles. The Labute approximate surface area is 171 Å². The van der Waals surface area contributed by atoms with Crippen LogP contribution in [-0.4, -0.2) is 26.1 Å². The maximum Gasteiger partial charge on any atom is 0.291 e. The number of amides is 1. The van der Waals surface area contributed by atoms with Gasteiger partial charge in [-0.3, -0.25) is 4.79 Å². The predicted molar refractivity (Wildman–Crippen MR) is 114 cm³/mol. The number of para-hydroxylation sites is 2. The van der Waals surface area contributed by atoms with Gasteiger partial charge in [-0.1, -0.05) is 12.1 Å². The van der Waals surface area contributed by atoms with Crippen molar-refractivity contribution in [3.8, 4) is 11.5 Å². The normalized spacial score (nSPS) is 10.4. The summed E-state index contributed by atoms with van der Waals surface area (Å²) in [7, 11) is 1.59. The number of carbonyl (C=O) groups excluding carboxylic acids is 1. The van der Waals surface area contributed by atoms with Gasteiger partial charge in [0, 0.05) is 24.5 Å². The van der Waals surface area contributed by atoms with Crippen LogP contribution in [0.5, 0.6) is 11.5 Å². The van der Waals surface area contributed by atoms with Gasteiger partial charge in [0.1, 0.15) is 12.4 Å². The summed E-state index contributed by atoms with van der Waals surface area (Å²) in [4.78, 5) is 14.7. The van der Waals surface area contributed by atoms with Crippen molar-refractivity contribution in [2.45, 2.75) is 20.5 Å². The van der Waals surface area contributed by atoms with E-state index in [4.69, 9.17) is 13.9 Å². The van der Waals surface area contributed by atoms with Crippen LogP contribution in [0.2, 0.25) is 0 Å². The second-order valence-corrected chi connectivity index (χ2v) is 6.38. The zero-order valence-electron chi connectivity index (χ0n) is 17.0. The summed E-state index contributed by atoms with van der Waals surface area (Å²) < 4.78 is 16.6. The van der Waals surface area contributed by atoms with Crippen LogP contribution in [0.4, 0.5) is 11.4 Å². The van der Waals surface area contributed by atoms with Crippen LogP contribution in [0.3, 0.4) is 0 Å². The maximum absolute atomic E-state index is 12.5. The Bertz CT molecular complexity index is 930. The number of nitrogens with zero attached hydrogens (tertiary/aromatic N) is 1. The molecule has 0 aliphatic carbocycles. The molecule has 0 aliphatic heterocycles. The molecule has 2 aromatic carbocycles. The standard InChI is InChI=1S/C23H26N2O4/c1-4-25(5-2)18-12-10-17(11-13-18)24-23(26)22-15-14-19(29-22)16-28-21-9-7-6-8-20(21)27-3/h6-15H,4-5,16H2,1-3H3,(H,24,26). The van der Waals surface area contributed by atoms with Gasteiger partial charge >= 0.3 is 0 Å². The van der Waals surface area contributed by atoms with Crippen molar-refractivity contribution >= 4 is 17.3 Å². The third-order valence-corrected chi connectivity index (χ3v) is 4.58. The van der Waals surface area contributed by atoms with Crippen molar-refractivity contribution in [3.63, 3.8) is 0 Å². The van der Waals surface area contributed by atoms with E-state index in [9.17, 15) is 4.79 Å². The molecule has 0 bridgehead atoms. The number of ether oxygens (including phenoxy) is 2. The van der Waals surface area contributed by atoms with Gasteiger partial charge in [-0.25, -0.2) is 0 Å². The molecule has 1 aromatic heterocycles. The van der Waals surface area contributed by atoms with E-state index < -0.39 is 0 Å². The van der Waals surface area contributed by atoms with Crippen molar-refractivity contribution in [1.82, 2.24) is 0 Å². The first-order chi connectivity index (χ1) is 14.1. The molecule has 3 aromatic rings. The quantitative estimate of drug-likeness (QED) is 0.555. The molecule has 0 spiro atoms. The molecule has 0 aliphatic rings. The van der Waals surface area contributed by atoms with Crippen LogP contribution in [0.15, 0.2) is 65.1 Å². The van der Waals surface area contributed by atoms with Crippen LogP contribution in [-0.2, 0) is 6.61 Å². The third-order valence-electron chi connectivity index (χ3n) is 4.58. The zero-order chi connectivity index (χ0) is 20.6. The van der Waals surface area contributed by atoms with Gasteiger partial charge in [0.25, 0.3) is 5.91 Å². The average Bonchev–Trinajstić information content (AvgIpc) is 3.24. The summed E-state index contributed by atoms with van der Waals surface area (Å²) >= 11 is 0. The SMILES string of the molecule is CCN(CC)c1ccc(NC(=O)c2ccc(COc3ccccc3OC)o2)cc1. The summed E-state index contributed by atoms with van der Waals surface area (Å²) in [6.45, 7) is 6.31.